The maximum absolute atomic E-state index is 12.9. The monoisotopic (exact) mass is 392 g/mol. The Morgan fingerprint density at radius 2 is 1.52 bits per heavy atom. The number of anilines is 1. The van der Waals surface area contributed by atoms with Crippen LogP contribution in [0.15, 0.2) is 42.5 Å². The molecule has 2 aromatic rings. The fraction of sp³-hybridized carbons (Fsp3) is 0.348. The number of nitrogens with zero attached hydrogens (tertiary/aromatic N) is 1. The highest BCUT2D eigenvalue weighted by molar-refractivity contribution is 6.28. The Morgan fingerprint density at radius 3 is 2.14 bits per heavy atom. The third kappa shape index (κ3) is 3.61. The Labute approximate surface area is 169 Å². The first-order valence-corrected chi connectivity index (χ1v) is 9.88. The molecule has 1 saturated heterocycles. The number of carbonyl (C=O) groups is 3. The lowest BCUT2D eigenvalue weighted by Gasteiger charge is -2.38. The summed E-state index contributed by atoms with van der Waals surface area (Å²) in [6.07, 6.45) is 0.142. The van der Waals surface area contributed by atoms with Crippen LogP contribution in [0.25, 0.3) is 0 Å². The molecule has 1 amide bonds. The molecular weight excluding hydrogens is 368 g/mol. The molecule has 0 bridgehead atoms. The van der Waals surface area contributed by atoms with Crippen molar-refractivity contribution in [3.63, 3.8) is 0 Å². The molecule has 1 heterocycles. The molecule has 3 atom stereocenters. The van der Waals surface area contributed by atoms with Gasteiger partial charge in [0.05, 0.1) is 18.2 Å². The van der Waals surface area contributed by atoms with Crippen LogP contribution in [0.1, 0.15) is 52.6 Å². The van der Waals surface area contributed by atoms with Crippen molar-refractivity contribution in [2.45, 2.75) is 39.0 Å². The second-order valence-corrected chi connectivity index (χ2v) is 7.84. The Kier molecular flexibility index (Phi) is 5.06. The third-order valence-electron chi connectivity index (χ3n) is 5.57. The lowest BCUT2D eigenvalue weighted by Crippen LogP contribution is -2.52. The minimum atomic E-state index is -0.335. The number of rotatable bonds is 3. The molecule has 0 unspecified atom stereocenters. The first-order chi connectivity index (χ1) is 13.8. The highest BCUT2D eigenvalue weighted by Crippen LogP contribution is 2.29. The van der Waals surface area contributed by atoms with Crippen molar-refractivity contribution in [3.8, 4) is 0 Å². The van der Waals surface area contributed by atoms with Crippen LogP contribution in [0.4, 0.5) is 5.69 Å². The van der Waals surface area contributed by atoms with Crippen molar-refractivity contribution in [2.75, 3.05) is 18.4 Å². The van der Waals surface area contributed by atoms with E-state index in [9.17, 15) is 14.4 Å². The van der Waals surface area contributed by atoms with Gasteiger partial charge in [-0.1, -0.05) is 24.3 Å². The van der Waals surface area contributed by atoms with E-state index in [4.69, 9.17) is 4.74 Å². The van der Waals surface area contributed by atoms with E-state index in [1.165, 1.54) is 0 Å². The molecule has 150 valence electrons. The molecule has 1 fully saturated rings. The molecule has 2 aromatic carbocycles. The average Bonchev–Trinajstić information content (AvgIpc) is 2.70. The quantitative estimate of drug-likeness (QED) is 0.742. The Hall–Kier alpha value is -2.83. The van der Waals surface area contributed by atoms with Gasteiger partial charge in [0.15, 0.2) is 11.6 Å². The zero-order chi connectivity index (χ0) is 20.7. The molecule has 0 saturated carbocycles. The van der Waals surface area contributed by atoms with Gasteiger partial charge < -0.3 is 10.1 Å². The van der Waals surface area contributed by atoms with E-state index >= 15 is 0 Å². The molecular formula is C23H24N2O4. The Balaban J connectivity index is 1.54. The molecule has 4 rings (SSSR count). The van der Waals surface area contributed by atoms with E-state index in [0.717, 1.165) is 0 Å². The predicted molar refractivity (Wildman–Crippen MR) is 109 cm³/mol. The van der Waals surface area contributed by atoms with Crippen LogP contribution in [-0.2, 0) is 9.53 Å². The molecule has 29 heavy (non-hydrogen) atoms. The number of ether oxygens (including phenoxy) is 1. The summed E-state index contributed by atoms with van der Waals surface area (Å²) in [6.45, 7) is 7.23. The molecule has 6 heteroatoms. The van der Waals surface area contributed by atoms with Crippen molar-refractivity contribution in [1.82, 2.24) is 4.90 Å². The smallest absolute Gasteiger partial charge is 0.241 e. The van der Waals surface area contributed by atoms with Gasteiger partial charge >= 0.3 is 0 Å². The van der Waals surface area contributed by atoms with E-state index in [1.807, 2.05) is 20.8 Å². The highest BCUT2D eigenvalue weighted by atomic mass is 16.5. The summed E-state index contributed by atoms with van der Waals surface area (Å²) in [6, 6.07) is 11.4. The maximum atomic E-state index is 12.9. The first kappa shape index (κ1) is 19.5. The second kappa shape index (κ2) is 7.54. The number of fused-ring (bicyclic) bond motifs is 2. The van der Waals surface area contributed by atoms with Crippen molar-refractivity contribution in [2.24, 2.45) is 0 Å². The zero-order valence-electron chi connectivity index (χ0n) is 16.8. The molecule has 6 nitrogen and oxygen atoms in total. The third-order valence-corrected chi connectivity index (χ3v) is 5.57. The lowest BCUT2D eigenvalue weighted by molar-refractivity contribution is -0.126. The van der Waals surface area contributed by atoms with E-state index in [2.05, 4.69) is 10.2 Å². The second-order valence-electron chi connectivity index (χ2n) is 7.84. The average molecular weight is 392 g/mol. The van der Waals surface area contributed by atoms with Gasteiger partial charge in [-0.3, -0.25) is 19.3 Å². The van der Waals surface area contributed by atoms with Gasteiger partial charge in [0.2, 0.25) is 5.91 Å². The van der Waals surface area contributed by atoms with E-state index in [-0.39, 0.29) is 35.7 Å². The number of hydrogen-bond donors (Lipinski definition) is 1. The molecule has 2 aliphatic rings. The molecule has 0 spiro atoms. The summed E-state index contributed by atoms with van der Waals surface area (Å²) in [7, 11) is 0. The van der Waals surface area contributed by atoms with Gasteiger partial charge in [0, 0.05) is 41.0 Å². The lowest BCUT2D eigenvalue weighted by atomic mass is 9.84. The van der Waals surface area contributed by atoms with Gasteiger partial charge in [-0.15, -0.1) is 0 Å². The van der Waals surface area contributed by atoms with Crippen LogP contribution < -0.4 is 5.32 Å². The predicted octanol–water partition coefficient (Wildman–Crippen LogP) is 2.90. The largest absolute Gasteiger partial charge is 0.373 e. The molecule has 0 radical (unpaired) electrons. The molecule has 1 aliphatic heterocycles. The van der Waals surface area contributed by atoms with Crippen LogP contribution in [0.2, 0.25) is 0 Å². The minimum absolute atomic E-state index is 0.0708. The van der Waals surface area contributed by atoms with Crippen molar-refractivity contribution < 1.29 is 19.1 Å². The summed E-state index contributed by atoms with van der Waals surface area (Å²) in [5.41, 5.74) is 2.03. The number of hydrogen-bond acceptors (Lipinski definition) is 5. The number of nitrogens with one attached hydrogen (secondary N) is 1. The molecule has 1 aliphatic carbocycles. The van der Waals surface area contributed by atoms with Gasteiger partial charge in [0.25, 0.3) is 0 Å². The van der Waals surface area contributed by atoms with Gasteiger partial charge in [-0.25, -0.2) is 0 Å². The van der Waals surface area contributed by atoms with Crippen LogP contribution in [0, 0.1) is 0 Å². The zero-order valence-corrected chi connectivity index (χ0v) is 16.8. The SMILES string of the molecule is C[C@H]1CN([C@@H](C)C(=O)Nc2ccc3c(c2)C(=O)c2ccccc2C3=O)C[C@H](C)O1. The maximum Gasteiger partial charge on any atom is 0.241 e. The topological polar surface area (TPSA) is 75.7 Å². The highest BCUT2D eigenvalue weighted by Gasteiger charge is 2.31. The number of amides is 1. The summed E-state index contributed by atoms with van der Waals surface area (Å²) in [5.74, 6) is -0.519. The Morgan fingerprint density at radius 1 is 0.966 bits per heavy atom. The summed E-state index contributed by atoms with van der Waals surface area (Å²) >= 11 is 0. The van der Waals surface area contributed by atoms with Gasteiger partial charge in [-0.2, -0.15) is 0 Å². The number of morpholine rings is 1. The van der Waals surface area contributed by atoms with Gasteiger partial charge in [-0.05, 0) is 39.0 Å². The van der Waals surface area contributed by atoms with E-state index in [0.29, 0.717) is 41.0 Å². The van der Waals surface area contributed by atoms with E-state index < -0.39 is 0 Å². The van der Waals surface area contributed by atoms with E-state index in [1.54, 1.807) is 42.5 Å². The van der Waals surface area contributed by atoms with Crippen LogP contribution in [-0.4, -0.2) is 53.7 Å². The number of carbonyl (C=O) groups excluding carboxylic acids is 3. The molecule has 1 N–H and O–H groups in total. The summed E-state index contributed by atoms with van der Waals surface area (Å²) < 4.78 is 5.73. The number of ketones is 2. The van der Waals surface area contributed by atoms with Crippen molar-refractivity contribution in [1.29, 1.82) is 0 Å². The standard InChI is InChI=1S/C23H24N2O4/c1-13-11-25(12-14(2)29-13)15(3)23(28)24-16-8-9-19-20(10-16)22(27)18-7-5-4-6-17(18)21(19)26/h4-10,13-15H,11-12H2,1-3H3,(H,24,28)/t13-,14-,15-/m0/s1. The molecule has 0 aromatic heterocycles. The van der Waals surface area contributed by atoms with Crippen molar-refractivity contribution in [3.05, 3.63) is 64.7 Å². The Bertz CT molecular complexity index is 990. The fourth-order valence-corrected chi connectivity index (χ4v) is 4.12. The first-order valence-electron chi connectivity index (χ1n) is 9.88. The van der Waals surface area contributed by atoms with Crippen LogP contribution >= 0.6 is 0 Å². The minimum Gasteiger partial charge on any atom is -0.373 e. The summed E-state index contributed by atoms with van der Waals surface area (Å²) in [5, 5.41) is 2.89. The van der Waals surface area contributed by atoms with Crippen LogP contribution in [0.5, 0.6) is 0 Å². The van der Waals surface area contributed by atoms with Gasteiger partial charge in [0.1, 0.15) is 0 Å². The summed E-state index contributed by atoms with van der Waals surface area (Å²) in [4.78, 5) is 40.4. The number of benzene rings is 2. The van der Waals surface area contributed by atoms with Crippen LogP contribution in [0.3, 0.4) is 0 Å². The fourth-order valence-electron chi connectivity index (χ4n) is 4.12. The van der Waals surface area contributed by atoms with Crippen molar-refractivity contribution >= 4 is 23.2 Å². The normalized spacial score (nSPS) is 22.6.